The van der Waals surface area contributed by atoms with Crippen LogP contribution in [0.1, 0.15) is 70.8 Å². The number of aryl methyl sites for hydroxylation is 1. The quantitative estimate of drug-likeness (QED) is 0.147. The molecule has 4 aliphatic heterocycles. The van der Waals surface area contributed by atoms with Crippen molar-refractivity contribution in [2.75, 3.05) is 38.4 Å². The molecule has 2 N–H and O–H groups in total. The molecule has 0 radical (unpaired) electrons. The Morgan fingerprint density at radius 3 is 1.69 bits per heavy atom. The predicted octanol–water partition coefficient (Wildman–Crippen LogP) is 1.70. The number of esters is 2. The third-order valence-electron chi connectivity index (χ3n) is 6.44. The molecule has 0 bridgehead atoms. The van der Waals surface area contributed by atoms with E-state index in [1.807, 2.05) is 6.92 Å². The number of hydrogen-bond acceptors (Lipinski definition) is 11. The van der Waals surface area contributed by atoms with Gasteiger partial charge in [0, 0.05) is 26.1 Å². The van der Waals surface area contributed by atoms with Crippen molar-refractivity contribution in [2.24, 2.45) is 0 Å². The number of alkyl halides is 2. The van der Waals surface area contributed by atoms with Gasteiger partial charge in [0.2, 0.25) is 0 Å². The van der Waals surface area contributed by atoms with Gasteiger partial charge in [-0.1, -0.05) is 17.7 Å². The maximum atomic E-state index is 11.8. The first-order chi connectivity index (χ1) is 20.4. The summed E-state index contributed by atoms with van der Waals surface area (Å²) in [5.41, 5.74) is 0.978. The van der Waals surface area contributed by atoms with E-state index in [0.29, 0.717) is 25.7 Å². The molecule has 4 aliphatic rings. The van der Waals surface area contributed by atoms with E-state index >= 15 is 0 Å². The van der Waals surface area contributed by atoms with Crippen LogP contribution in [0.3, 0.4) is 0 Å². The van der Waals surface area contributed by atoms with Gasteiger partial charge in [0.25, 0.3) is 10.1 Å². The average molecular weight is 696 g/mol. The Hall–Kier alpha value is -0.913. The molecule has 4 saturated heterocycles. The number of carbonyl (C=O) groups is 2. The summed E-state index contributed by atoms with van der Waals surface area (Å²) >= 11 is 9.53. The molecule has 15 heteroatoms. The Labute approximate surface area is 290 Å². The standard InChI is InChI=1S/C12H14O5S.C7H14O2.C5H8O3.C4H8O.CH2Cl2.CH3.Li/c1-9-2-5-11(6-3-9)18(14,15)16-8-10-4-7-12(13)17-10;1-7(2)4-3-6(5-8)9-7;6-3-4-1-2-5(7)8-4;1-2-4-5-3-1;2-1-3;;/h2-3,5-6,10H,4,7-8H2,1H3;6,8H,3-5H2,1-2H3;4,6H,1-3H2;1-4H2;1H2;1H3;/q;;;;;-1;+1/t10-;6-;4-;;;;/m010..../s1. The summed E-state index contributed by atoms with van der Waals surface area (Å²) < 4.78 is 48.4. The first-order valence-corrected chi connectivity index (χ1v) is 16.8. The molecule has 0 amide bonds. The number of aliphatic hydroxyl groups is 2. The Morgan fingerprint density at radius 1 is 0.889 bits per heavy atom. The fourth-order valence-electron chi connectivity index (χ4n) is 4.07. The van der Waals surface area contributed by atoms with E-state index in [1.165, 1.54) is 25.0 Å². The Bertz CT molecular complexity index is 1030. The van der Waals surface area contributed by atoms with E-state index in [9.17, 15) is 18.0 Å². The largest absolute Gasteiger partial charge is 1.00 e. The molecule has 0 aromatic heterocycles. The summed E-state index contributed by atoms with van der Waals surface area (Å²) in [7, 11) is -3.77. The zero-order valence-corrected chi connectivity index (χ0v) is 29.5. The smallest absolute Gasteiger partial charge is 0.460 e. The molecule has 0 unspecified atom stereocenters. The minimum Gasteiger partial charge on any atom is -0.460 e. The molecule has 1 aromatic carbocycles. The van der Waals surface area contributed by atoms with E-state index < -0.39 is 16.2 Å². The number of rotatable bonds is 6. The zero-order chi connectivity index (χ0) is 32.3. The number of carbonyl (C=O) groups excluding carboxylic acids is 2. The van der Waals surface area contributed by atoms with Crippen molar-refractivity contribution in [1.29, 1.82) is 0 Å². The van der Waals surface area contributed by atoms with E-state index in [1.54, 1.807) is 12.1 Å². The molecule has 45 heavy (non-hydrogen) atoms. The molecular formula is C30H49Cl2LiO11S. The van der Waals surface area contributed by atoms with E-state index in [0.717, 1.165) is 31.6 Å². The topological polar surface area (TPSA) is 155 Å². The third kappa shape index (κ3) is 20.8. The second-order valence-corrected chi connectivity index (χ2v) is 13.1. The second-order valence-electron chi connectivity index (χ2n) is 10.7. The van der Waals surface area contributed by atoms with Gasteiger partial charge in [0.05, 0.1) is 35.2 Å². The number of benzene rings is 1. The van der Waals surface area contributed by atoms with Gasteiger partial charge in [-0.25, -0.2) is 0 Å². The molecule has 1 aromatic rings. The minimum absolute atomic E-state index is 0. The van der Waals surface area contributed by atoms with E-state index in [-0.39, 0.29) is 86.1 Å². The van der Waals surface area contributed by atoms with E-state index in [2.05, 4.69) is 18.6 Å². The van der Waals surface area contributed by atoms with Crippen molar-refractivity contribution in [2.45, 2.75) is 101 Å². The molecule has 0 spiro atoms. The van der Waals surface area contributed by atoms with Gasteiger partial charge < -0.3 is 36.6 Å². The Kier molecular flexibility index (Phi) is 25.8. The number of aliphatic hydroxyl groups excluding tert-OH is 2. The minimum atomic E-state index is -3.77. The van der Waals surface area contributed by atoms with Gasteiger partial charge in [-0.2, -0.15) is 8.42 Å². The summed E-state index contributed by atoms with van der Waals surface area (Å²) in [6.07, 6.45) is 6.00. The van der Waals surface area contributed by atoms with Gasteiger partial charge in [0.15, 0.2) is 0 Å². The second kappa shape index (κ2) is 25.2. The van der Waals surface area contributed by atoms with Crippen LogP contribution in [-0.4, -0.2) is 92.9 Å². The monoisotopic (exact) mass is 694 g/mol. The molecule has 0 saturated carbocycles. The molecule has 0 aliphatic carbocycles. The van der Waals surface area contributed by atoms with Crippen molar-refractivity contribution in [1.82, 2.24) is 0 Å². The van der Waals surface area contributed by atoms with Gasteiger partial charge in [-0.15, -0.1) is 23.2 Å². The molecule has 11 nitrogen and oxygen atoms in total. The molecule has 4 fully saturated rings. The molecular weight excluding hydrogens is 646 g/mol. The molecule has 3 atom stereocenters. The van der Waals surface area contributed by atoms with Crippen LogP contribution >= 0.6 is 23.2 Å². The Balaban J connectivity index is 0. The summed E-state index contributed by atoms with van der Waals surface area (Å²) in [5.74, 6) is -0.500. The zero-order valence-electron chi connectivity index (χ0n) is 27.2. The fourth-order valence-corrected chi connectivity index (χ4v) is 5.00. The molecule has 5 rings (SSSR count). The van der Waals surface area contributed by atoms with Crippen molar-refractivity contribution in [3.05, 3.63) is 37.3 Å². The third-order valence-corrected chi connectivity index (χ3v) is 7.74. The van der Waals surface area contributed by atoms with Crippen LogP contribution in [0, 0.1) is 14.4 Å². The number of halogens is 2. The number of cyclic esters (lactones) is 2. The summed E-state index contributed by atoms with van der Waals surface area (Å²) in [4.78, 5) is 21.2. The van der Waals surface area contributed by atoms with Crippen LogP contribution in [0.2, 0.25) is 0 Å². The first-order valence-electron chi connectivity index (χ1n) is 14.3. The van der Waals surface area contributed by atoms with Crippen molar-refractivity contribution in [3.8, 4) is 0 Å². The van der Waals surface area contributed by atoms with Crippen LogP contribution < -0.4 is 18.9 Å². The molecule has 256 valence electrons. The summed E-state index contributed by atoms with van der Waals surface area (Å²) in [6, 6.07) is 6.38. The van der Waals surface area contributed by atoms with Gasteiger partial charge in [-0.05, 0) is 71.4 Å². The van der Waals surface area contributed by atoms with Crippen molar-refractivity contribution >= 4 is 45.3 Å². The Morgan fingerprint density at radius 2 is 1.38 bits per heavy atom. The normalized spacial score (nSPS) is 22.6. The molecule has 4 heterocycles. The van der Waals surface area contributed by atoms with E-state index in [4.69, 9.17) is 51.8 Å². The van der Waals surface area contributed by atoms with Crippen molar-refractivity contribution in [3.63, 3.8) is 0 Å². The van der Waals surface area contributed by atoms with Crippen LogP contribution in [0.25, 0.3) is 0 Å². The SMILES string of the molecule is C1CCOC1.CC1(C)CC[C@H](CO)O1.Cc1ccc(S(=O)(=O)OC[C@@H]2CCC(=O)O2)cc1.ClCCl.O=C1CC[C@@H](CO)O1.[CH3-].[Li+]. The van der Waals surface area contributed by atoms with Crippen LogP contribution in [0.5, 0.6) is 0 Å². The first kappa shape index (κ1) is 46.2. The number of ether oxygens (including phenoxy) is 4. The summed E-state index contributed by atoms with van der Waals surface area (Å²) in [5, 5.41) is 17.3. The van der Waals surface area contributed by atoms with Crippen LogP contribution in [0.15, 0.2) is 29.2 Å². The average Bonchev–Trinajstić information content (AvgIpc) is 3.79. The maximum Gasteiger partial charge on any atom is 1.00 e. The van der Waals surface area contributed by atoms with Gasteiger partial charge >= 0.3 is 30.8 Å². The van der Waals surface area contributed by atoms with Crippen molar-refractivity contribution < 1.29 is 70.2 Å². The summed E-state index contributed by atoms with van der Waals surface area (Å²) in [6.45, 7) is 8.00. The van der Waals surface area contributed by atoms with Crippen LogP contribution in [-0.2, 0) is 42.8 Å². The van der Waals surface area contributed by atoms with Gasteiger partial charge in [0.1, 0.15) is 18.8 Å². The predicted molar refractivity (Wildman–Crippen MR) is 168 cm³/mol. The fraction of sp³-hybridized carbons (Fsp3) is 0.700. The number of hydrogen-bond donors (Lipinski definition) is 2. The van der Waals surface area contributed by atoms with Gasteiger partial charge in [-0.3, -0.25) is 13.8 Å². The van der Waals surface area contributed by atoms with Crippen LogP contribution in [0.4, 0.5) is 0 Å². The maximum absolute atomic E-state index is 11.8.